The summed E-state index contributed by atoms with van der Waals surface area (Å²) >= 11 is 5.88. The zero-order valence-corrected chi connectivity index (χ0v) is 17.6. The van der Waals surface area contributed by atoms with Gasteiger partial charge in [-0.1, -0.05) is 11.6 Å². The number of halogens is 1. The molecule has 3 heterocycles. The molecule has 4 rings (SSSR count). The van der Waals surface area contributed by atoms with Crippen LogP contribution in [0.1, 0.15) is 17.5 Å². The Labute approximate surface area is 181 Å². The zero-order chi connectivity index (χ0) is 20.8. The maximum Gasteiger partial charge on any atom is 0.236 e. The van der Waals surface area contributed by atoms with Crippen LogP contribution in [-0.4, -0.2) is 85.1 Å². The highest BCUT2D eigenvalue weighted by atomic mass is 35.5. The van der Waals surface area contributed by atoms with Crippen LogP contribution in [0.5, 0.6) is 5.75 Å². The first kappa shape index (κ1) is 21.1. The highest BCUT2D eigenvalue weighted by Crippen LogP contribution is 2.22. The molecule has 1 atom stereocenters. The van der Waals surface area contributed by atoms with Gasteiger partial charge in [-0.3, -0.25) is 14.8 Å². The van der Waals surface area contributed by atoms with Crippen molar-refractivity contribution in [2.24, 2.45) is 0 Å². The van der Waals surface area contributed by atoms with Gasteiger partial charge in [-0.2, -0.15) is 5.10 Å². The lowest BCUT2D eigenvalue weighted by Gasteiger charge is -2.34. The third kappa shape index (κ3) is 5.72. The molecule has 0 unspecified atom stereocenters. The summed E-state index contributed by atoms with van der Waals surface area (Å²) in [7, 11) is 0. The Morgan fingerprint density at radius 3 is 2.80 bits per heavy atom. The summed E-state index contributed by atoms with van der Waals surface area (Å²) in [6.07, 6.45) is 0.483. The molecule has 2 fully saturated rings. The van der Waals surface area contributed by atoms with Crippen molar-refractivity contribution in [3.05, 3.63) is 46.7 Å². The number of H-pyrrole nitrogens is 1. The smallest absolute Gasteiger partial charge is 0.236 e. The second kappa shape index (κ2) is 10.3. The summed E-state index contributed by atoms with van der Waals surface area (Å²) in [4.78, 5) is 16.7. The molecule has 0 radical (unpaired) electrons. The van der Waals surface area contributed by atoms with Crippen molar-refractivity contribution in [1.29, 1.82) is 0 Å². The van der Waals surface area contributed by atoms with Crippen LogP contribution in [0.2, 0.25) is 5.02 Å². The lowest BCUT2D eigenvalue weighted by atomic mass is 10.2. The molecule has 2 aliphatic heterocycles. The summed E-state index contributed by atoms with van der Waals surface area (Å²) in [6, 6.07) is 9.29. The Morgan fingerprint density at radius 2 is 2.00 bits per heavy atom. The highest BCUT2D eigenvalue weighted by molar-refractivity contribution is 6.30. The summed E-state index contributed by atoms with van der Waals surface area (Å²) in [6.45, 7) is 5.61. The van der Waals surface area contributed by atoms with E-state index in [0.717, 1.165) is 30.2 Å². The lowest BCUT2D eigenvalue weighted by molar-refractivity contribution is -0.141. The molecule has 1 aromatic carbocycles. The van der Waals surface area contributed by atoms with Gasteiger partial charge in [0.25, 0.3) is 0 Å². The molecule has 2 aliphatic rings. The van der Waals surface area contributed by atoms with Crippen LogP contribution in [-0.2, 0) is 20.7 Å². The van der Waals surface area contributed by atoms with Gasteiger partial charge >= 0.3 is 0 Å². The molecule has 0 bridgehead atoms. The van der Waals surface area contributed by atoms with Crippen molar-refractivity contribution in [3.8, 4) is 5.75 Å². The van der Waals surface area contributed by atoms with E-state index in [1.54, 1.807) is 12.1 Å². The van der Waals surface area contributed by atoms with Gasteiger partial charge in [-0.05, 0) is 30.3 Å². The van der Waals surface area contributed by atoms with Gasteiger partial charge in [0.1, 0.15) is 11.9 Å². The number of amides is 1. The first-order valence-electron chi connectivity index (χ1n) is 10.3. The van der Waals surface area contributed by atoms with Crippen molar-refractivity contribution in [2.45, 2.75) is 12.5 Å². The number of nitrogens with zero attached hydrogens (tertiary/aromatic N) is 3. The van der Waals surface area contributed by atoms with E-state index in [1.807, 2.05) is 23.1 Å². The molecule has 2 saturated heterocycles. The van der Waals surface area contributed by atoms with Gasteiger partial charge in [-0.25, -0.2) is 0 Å². The second-order valence-corrected chi connectivity index (χ2v) is 7.89. The summed E-state index contributed by atoms with van der Waals surface area (Å²) in [5, 5.41) is 8.14. The Morgan fingerprint density at radius 1 is 1.20 bits per heavy atom. The Bertz CT molecular complexity index is 823. The molecule has 0 saturated carbocycles. The molecular weight excluding hydrogens is 408 g/mol. The first-order valence-corrected chi connectivity index (χ1v) is 10.7. The lowest BCUT2D eigenvalue weighted by Crippen LogP contribution is -2.48. The molecule has 1 N–H and O–H groups in total. The van der Waals surface area contributed by atoms with E-state index in [9.17, 15) is 4.79 Å². The topological polar surface area (TPSA) is 79.9 Å². The van der Waals surface area contributed by atoms with E-state index in [2.05, 4.69) is 15.1 Å². The number of morpholine rings is 2. The van der Waals surface area contributed by atoms with Gasteiger partial charge in [0, 0.05) is 36.8 Å². The Balaban J connectivity index is 1.26. The first-order chi connectivity index (χ1) is 14.7. The van der Waals surface area contributed by atoms with E-state index >= 15 is 0 Å². The summed E-state index contributed by atoms with van der Waals surface area (Å²) in [5.41, 5.74) is 1.79. The fraction of sp³-hybridized carbons (Fsp3) is 0.524. The van der Waals surface area contributed by atoms with Crippen molar-refractivity contribution in [1.82, 2.24) is 20.0 Å². The summed E-state index contributed by atoms with van der Waals surface area (Å²) < 4.78 is 17.0. The molecule has 1 aromatic heterocycles. The maximum absolute atomic E-state index is 12.7. The van der Waals surface area contributed by atoms with Crippen LogP contribution in [0.3, 0.4) is 0 Å². The molecule has 0 aliphatic carbocycles. The average Bonchev–Trinajstić information content (AvgIpc) is 3.25. The number of aromatic amines is 1. The highest BCUT2D eigenvalue weighted by Gasteiger charge is 2.28. The van der Waals surface area contributed by atoms with Gasteiger partial charge in [0.2, 0.25) is 5.91 Å². The van der Waals surface area contributed by atoms with Gasteiger partial charge in [-0.15, -0.1) is 0 Å². The second-order valence-electron chi connectivity index (χ2n) is 7.46. The standard InChI is InChI=1S/C21H27ClN4O4/c22-16-1-3-18(4-2-16)29-9-5-17-13-19(24-23-17)20-14-26(8-12-30-20)21(27)15-25-6-10-28-11-7-25/h1-4,13,20H,5-12,14-15H2,(H,23,24)/t20-/m0/s1. The number of carbonyl (C=O) groups is 1. The van der Waals surface area contributed by atoms with Gasteiger partial charge in [0.15, 0.2) is 0 Å². The van der Waals surface area contributed by atoms with Crippen LogP contribution < -0.4 is 4.74 Å². The van der Waals surface area contributed by atoms with Crippen LogP contribution in [0.25, 0.3) is 0 Å². The van der Waals surface area contributed by atoms with Gasteiger partial charge in [0.05, 0.1) is 45.2 Å². The van der Waals surface area contributed by atoms with Crippen LogP contribution in [0.15, 0.2) is 30.3 Å². The Kier molecular flexibility index (Phi) is 7.22. The number of carbonyl (C=O) groups excluding carboxylic acids is 1. The molecule has 1 amide bonds. The van der Waals surface area contributed by atoms with E-state index in [-0.39, 0.29) is 12.0 Å². The number of aromatic nitrogens is 2. The number of ether oxygens (including phenoxy) is 3. The van der Waals surface area contributed by atoms with E-state index in [4.69, 9.17) is 25.8 Å². The maximum atomic E-state index is 12.7. The fourth-order valence-electron chi connectivity index (χ4n) is 3.59. The third-order valence-corrected chi connectivity index (χ3v) is 5.57. The summed E-state index contributed by atoms with van der Waals surface area (Å²) in [5.74, 6) is 0.918. The molecule has 0 spiro atoms. The zero-order valence-electron chi connectivity index (χ0n) is 16.9. The van der Waals surface area contributed by atoms with Crippen molar-refractivity contribution in [3.63, 3.8) is 0 Å². The fourth-order valence-corrected chi connectivity index (χ4v) is 3.71. The SMILES string of the molecule is O=C(CN1CCOCC1)N1CCO[C@H](c2cc(CCOc3ccc(Cl)cc3)[nH]n2)C1. The largest absolute Gasteiger partial charge is 0.493 e. The van der Waals surface area contributed by atoms with Crippen LogP contribution in [0, 0.1) is 0 Å². The number of hydrogen-bond acceptors (Lipinski definition) is 6. The number of benzene rings is 1. The Hall–Kier alpha value is -2.13. The number of nitrogens with one attached hydrogen (secondary N) is 1. The molecule has 9 heteroatoms. The van der Waals surface area contributed by atoms with Crippen molar-refractivity contribution < 1.29 is 19.0 Å². The number of hydrogen-bond donors (Lipinski definition) is 1. The van der Waals surface area contributed by atoms with Crippen LogP contribution >= 0.6 is 11.6 Å². The predicted molar refractivity (Wildman–Crippen MR) is 112 cm³/mol. The van der Waals surface area contributed by atoms with Crippen molar-refractivity contribution >= 4 is 17.5 Å². The molecular formula is C21H27ClN4O4. The monoisotopic (exact) mass is 434 g/mol. The van der Waals surface area contributed by atoms with E-state index in [0.29, 0.717) is 57.5 Å². The number of rotatable bonds is 7. The van der Waals surface area contributed by atoms with Crippen LogP contribution in [0.4, 0.5) is 0 Å². The van der Waals surface area contributed by atoms with Crippen molar-refractivity contribution in [2.75, 3.05) is 59.2 Å². The molecule has 30 heavy (non-hydrogen) atoms. The minimum Gasteiger partial charge on any atom is -0.493 e. The minimum atomic E-state index is -0.213. The van der Waals surface area contributed by atoms with Gasteiger partial charge < -0.3 is 19.1 Å². The van der Waals surface area contributed by atoms with E-state index < -0.39 is 0 Å². The normalized spacial score (nSPS) is 20.3. The predicted octanol–water partition coefficient (Wildman–Crippen LogP) is 1.92. The third-order valence-electron chi connectivity index (χ3n) is 5.32. The minimum absolute atomic E-state index is 0.136. The average molecular weight is 435 g/mol. The molecule has 8 nitrogen and oxygen atoms in total. The molecule has 2 aromatic rings. The quantitative estimate of drug-likeness (QED) is 0.717. The molecule has 162 valence electrons. The van der Waals surface area contributed by atoms with E-state index in [1.165, 1.54) is 0 Å².